The maximum absolute atomic E-state index is 5.71. The fourth-order valence-corrected chi connectivity index (χ4v) is 1.96. The second-order valence-electron chi connectivity index (χ2n) is 4.49. The molecular weight excluding hydrogens is 268 g/mol. The van der Waals surface area contributed by atoms with Gasteiger partial charge < -0.3 is 15.4 Å². The number of thiocarbonyl (C=S) groups is 1. The Kier molecular flexibility index (Phi) is 4.96. The lowest BCUT2D eigenvalue weighted by atomic mass is 10.2. The van der Waals surface area contributed by atoms with Crippen LogP contribution in [0.5, 0.6) is 5.75 Å². The van der Waals surface area contributed by atoms with Crippen molar-refractivity contribution in [3.63, 3.8) is 0 Å². The Morgan fingerprint density at radius 2 is 1.75 bits per heavy atom. The number of ether oxygens (including phenoxy) is 1. The Morgan fingerprint density at radius 3 is 2.35 bits per heavy atom. The average molecular weight is 286 g/mol. The van der Waals surface area contributed by atoms with Gasteiger partial charge in [-0.2, -0.15) is 0 Å². The van der Waals surface area contributed by atoms with Crippen molar-refractivity contribution in [2.24, 2.45) is 5.73 Å². The lowest BCUT2D eigenvalue weighted by Crippen LogP contribution is -2.23. The fraction of sp³-hybridized carbons (Fsp3) is 0.188. The Morgan fingerprint density at radius 1 is 1.10 bits per heavy atom. The van der Waals surface area contributed by atoms with Crippen molar-refractivity contribution in [2.45, 2.75) is 0 Å². The Labute approximate surface area is 125 Å². The minimum Gasteiger partial charge on any atom is -0.492 e. The molecule has 20 heavy (non-hydrogen) atoms. The van der Waals surface area contributed by atoms with Crippen LogP contribution in [0.4, 0.5) is 5.69 Å². The second kappa shape index (κ2) is 6.91. The van der Waals surface area contributed by atoms with E-state index in [2.05, 4.69) is 24.1 Å². The van der Waals surface area contributed by atoms with Crippen molar-refractivity contribution in [3.8, 4) is 5.75 Å². The van der Waals surface area contributed by atoms with Crippen LogP contribution in [-0.4, -0.2) is 25.2 Å². The predicted molar refractivity (Wildman–Crippen MR) is 87.5 cm³/mol. The van der Waals surface area contributed by atoms with E-state index in [9.17, 15) is 0 Å². The number of para-hydroxylation sites is 1. The normalized spacial score (nSPS) is 10.1. The third kappa shape index (κ3) is 3.96. The quantitative estimate of drug-likeness (QED) is 0.829. The lowest BCUT2D eigenvalue weighted by molar-refractivity contribution is 0.326. The minimum atomic E-state index is 0.403. The molecular formula is C16H18N2OS. The van der Waals surface area contributed by atoms with E-state index in [4.69, 9.17) is 22.7 Å². The number of rotatable bonds is 6. The molecule has 4 heteroatoms. The first kappa shape index (κ1) is 14.3. The van der Waals surface area contributed by atoms with Crippen LogP contribution in [0.2, 0.25) is 0 Å². The van der Waals surface area contributed by atoms with Crippen molar-refractivity contribution >= 4 is 22.9 Å². The molecule has 2 N–H and O–H groups in total. The molecule has 0 bridgehead atoms. The molecule has 0 amide bonds. The van der Waals surface area contributed by atoms with E-state index in [1.54, 1.807) is 0 Å². The summed E-state index contributed by atoms with van der Waals surface area (Å²) in [7, 11) is 2.05. The first-order valence-corrected chi connectivity index (χ1v) is 6.86. The number of hydrogen-bond acceptors (Lipinski definition) is 3. The smallest absolute Gasteiger partial charge is 0.119 e. The summed E-state index contributed by atoms with van der Waals surface area (Å²) in [5.74, 6) is 0.825. The molecule has 3 nitrogen and oxygen atoms in total. The van der Waals surface area contributed by atoms with Crippen LogP contribution in [0.25, 0.3) is 0 Å². The molecule has 0 unspecified atom stereocenters. The summed E-state index contributed by atoms with van der Waals surface area (Å²) in [6.07, 6.45) is 0. The summed E-state index contributed by atoms with van der Waals surface area (Å²) in [4.78, 5) is 2.56. The molecule has 0 fully saturated rings. The van der Waals surface area contributed by atoms with E-state index in [0.717, 1.165) is 17.9 Å². The number of likely N-dealkylation sites (N-methyl/N-ethyl adjacent to an activating group) is 1. The van der Waals surface area contributed by atoms with Gasteiger partial charge in [0.15, 0.2) is 0 Å². The maximum atomic E-state index is 5.71. The highest BCUT2D eigenvalue weighted by Gasteiger charge is 2.01. The van der Waals surface area contributed by atoms with Crippen molar-refractivity contribution in [1.82, 2.24) is 0 Å². The summed E-state index contributed by atoms with van der Waals surface area (Å²) >= 11 is 4.91. The highest BCUT2D eigenvalue weighted by molar-refractivity contribution is 7.80. The summed E-state index contributed by atoms with van der Waals surface area (Å²) in [6, 6.07) is 17.7. The molecule has 0 saturated carbocycles. The first-order valence-electron chi connectivity index (χ1n) is 6.45. The summed E-state index contributed by atoms with van der Waals surface area (Å²) in [5, 5.41) is 0. The molecule has 0 atom stereocenters. The van der Waals surface area contributed by atoms with Crippen LogP contribution >= 0.6 is 12.2 Å². The Hall–Kier alpha value is -2.07. The van der Waals surface area contributed by atoms with Crippen molar-refractivity contribution in [1.29, 1.82) is 0 Å². The standard InChI is InChI=1S/C16H18N2OS/c1-18(14-5-3-2-4-6-14)11-12-19-15-9-7-13(8-10-15)16(17)20/h2-10H,11-12H2,1H3,(H2,17,20). The van der Waals surface area contributed by atoms with Crippen LogP contribution in [0, 0.1) is 0 Å². The minimum absolute atomic E-state index is 0.403. The predicted octanol–water partition coefficient (Wildman–Crippen LogP) is 2.84. The fourth-order valence-electron chi connectivity index (χ4n) is 1.83. The summed E-state index contributed by atoms with van der Waals surface area (Å²) in [5.41, 5.74) is 7.59. The third-order valence-electron chi connectivity index (χ3n) is 3.03. The zero-order chi connectivity index (χ0) is 14.4. The molecule has 0 aliphatic rings. The molecule has 2 aromatic carbocycles. The molecule has 0 saturated heterocycles. The van der Waals surface area contributed by atoms with Gasteiger partial charge in [0.05, 0.1) is 6.54 Å². The first-order chi connectivity index (χ1) is 9.66. The summed E-state index contributed by atoms with van der Waals surface area (Å²) < 4.78 is 5.71. The van der Waals surface area contributed by atoms with E-state index >= 15 is 0 Å². The second-order valence-corrected chi connectivity index (χ2v) is 4.93. The van der Waals surface area contributed by atoms with Gasteiger partial charge in [-0.1, -0.05) is 30.4 Å². The number of nitrogens with two attached hydrogens (primary N) is 1. The van der Waals surface area contributed by atoms with E-state index in [-0.39, 0.29) is 0 Å². The van der Waals surface area contributed by atoms with Crippen molar-refractivity contribution in [2.75, 3.05) is 25.1 Å². The van der Waals surface area contributed by atoms with Crippen LogP contribution < -0.4 is 15.4 Å². The van der Waals surface area contributed by atoms with Crippen molar-refractivity contribution < 1.29 is 4.74 Å². The van der Waals surface area contributed by atoms with E-state index in [1.807, 2.05) is 42.5 Å². The van der Waals surface area contributed by atoms with Crippen LogP contribution in [0.3, 0.4) is 0 Å². The maximum Gasteiger partial charge on any atom is 0.119 e. The highest BCUT2D eigenvalue weighted by atomic mass is 32.1. The van der Waals surface area contributed by atoms with Gasteiger partial charge in [0.1, 0.15) is 17.3 Å². The number of nitrogens with zero attached hydrogens (tertiary/aromatic N) is 1. The molecule has 0 spiro atoms. The number of benzene rings is 2. The molecule has 2 rings (SSSR count). The van der Waals surface area contributed by atoms with E-state index in [0.29, 0.717) is 11.6 Å². The number of hydrogen-bond donors (Lipinski definition) is 1. The topological polar surface area (TPSA) is 38.5 Å². The molecule has 2 aromatic rings. The van der Waals surface area contributed by atoms with E-state index < -0.39 is 0 Å². The van der Waals surface area contributed by atoms with Gasteiger partial charge in [-0.05, 0) is 36.4 Å². The van der Waals surface area contributed by atoms with Gasteiger partial charge in [-0.25, -0.2) is 0 Å². The summed E-state index contributed by atoms with van der Waals surface area (Å²) in [6.45, 7) is 1.44. The molecule has 0 aromatic heterocycles. The molecule has 0 aliphatic heterocycles. The number of anilines is 1. The van der Waals surface area contributed by atoms with Gasteiger partial charge in [0.2, 0.25) is 0 Å². The zero-order valence-corrected chi connectivity index (χ0v) is 12.3. The Balaban J connectivity index is 1.82. The van der Waals surface area contributed by atoms with E-state index in [1.165, 1.54) is 5.69 Å². The van der Waals surface area contributed by atoms with Gasteiger partial charge in [0.25, 0.3) is 0 Å². The third-order valence-corrected chi connectivity index (χ3v) is 3.27. The molecule has 0 aliphatic carbocycles. The highest BCUT2D eigenvalue weighted by Crippen LogP contribution is 2.13. The van der Waals surface area contributed by atoms with Gasteiger partial charge in [-0.15, -0.1) is 0 Å². The lowest BCUT2D eigenvalue weighted by Gasteiger charge is -2.19. The largest absolute Gasteiger partial charge is 0.492 e. The van der Waals surface area contributed by atoms with Gasteiger partial charge >= 0.3 is 0 Å². The van der Waals surface area contributed by atoms with Gasteiger partial charge in [0, 0.05) is 18.3 Å². The van der Waals surface area contributed by atoms with Gasteiger partial charge in [-0.3, -0.25) is 0 Å². The average Bonchev–Trinajstić information content (AvgIpc) is 2.48. The molecule has 0 heterocycles. The Bertz CT molecular complexity index is 554. The van der Waals surface area contributed by atoms with Crippen LogP contribution in [-0.2, 0) is 0 Å². The monoisotopic (exact) mass is 286 g/mol. The zero-order valence-electron chi connectivity index (χ0n) is 11.5. The molecule has 0 radical (unpaired) electrons. The van der Waals surface area contributed by atoms with Crippen molar-refractivity contribution in [3.05, 3.63) is 60.2 Å². The molecule has 104 valence electrons. The van der Waals surface area contributed by atoms with Crippen LogP contribution in [0.1, 0.15) is 5.56 Å². The van der Waals surface area contributed by atoms with Crippen LogP contribution in [0.15, 0.2) is 54.6 Å². The SMILES string of the molecule is CN(CCOc1ccc(C(N)=S)cc1)c1ccccc1.